The fourth-order valence-electron chi connectivity index (χ4n) is 2.57. The van der Waals surface area contributed by atoms with Crippen LogP contribution in [0.15, 0.2) is 52.9 Å². The Bertz CT molecular complexity index is 958. The van der Waals surface area contributed by atoms with Crippen LogP contribution in [0.1, 0.15) is 35.2 Å². The zero-order chi connectivity index (χ0) is 19.9. The number of aromatic nitrogens is 1. The first-order chi connectivity index (χ1) is 13.5. The highest BCUT2D eigenvalue weighted by Gasteiger charge is 2.12. The topological polar surface area (TPSA) is 98.5 Å². The molecule has 0 bridgehead atoms. The van der Waals surface area contributed by atoms with Crippen molar-refractivity contribution in [2.75, 3.05) is 6.61 Å². The Morgan fingerprint density at radius 1 is 1.07 bits per heavy atom. The van der Waals surface area contributed by atoms with Gasteiger partial charge in [0.25, 0.3) is 0 Å². The number of rotatable bonds is 8. The smallest absolute Gasteiger partial charge is 0.306 e. The zero-order valence-corrected chi connectivity index (χ0v) is 15.4. The van der Waals surface area contributed by atoms with Crippen molar-refractivity contribution in [2.24, 2.45) is 0 Å². The number of fused-ring (bicyclic) bond motifs is 1. The molecule has 0 fully saturated rings. The monoisotopic (exact) mass is 380 g/mol. The standard InChI is InChI=1S/C21H20N2O5/c1-14(24)22-12-15-6-8-16(9-7-15)18(25)13-27-21(26)11-10-20-23-17-4-2-3-5-19(17)28-20/h2-9H,10-13H2,1H3,(H,22,24). The van der Waals surface area contributed by atoms with Crippen molar-refractivity contribution >= 4 is 28.8 Å². The van der Waals surface area contributed by atoms with Crippen molar-refractivity contribution in [3.63, 3.8) is 0 Å². The highest BCUT2D eigenvalue weighted by Crippen LogP contribution is 2.15. The van der Waals surface area contributed by atoms with Gasteiger partial charge in [-0.25, -0.2) is 4.98 Å². The summed E-state index contributed by atoms with van der Waals surface area (Å²) in [6.07, 6.45) is 0.384. The normalized spacial score (nSPS) is 10.6. The predicted octanol–water partition coefficient (Wildman–Crippen LogP) is 2.82. The molecule has 0 radical (unpaired) electrons. The quantitative estimate of drug-likeness (QED) is 0.477. The number of nitrogens with one attached hydrogen (secondary N) is 1. The van der Waals surface area contributed by atoms with E-state index in [2.05, 4.69) is 10.3 Å². The molecule has 3 rings (SSSR count). The molecule has 7 nitrogen and oxygen atoms in total. The van der Waals surface area contributed by atoms with E-state index in [4.69, 9.17) is 9.15 Å². The number of esters is 1. The Labute approximate surface area is 161 Å². The van der Waals surface area contributed by atoms with E-state index in [1.165, 1.54) is 6.92 Å². The molecule has 28 heavy (non-hydrogen) atoms. The summed E-state index contributed by atoms with van der Waals surface area (Å²) in [4.78, 5) is 39.2. The molecular formula is C21H20N2O5. The van der Waals surface area contributed by atoms with E-state index in [1.54, 1.807) is 24.3 Å². The predicted molar refractivity (Wildman–Crippen MR) is 102 cm³/mol. The van der Waals surface area contributed by atoms with Gasteiger partial charge in [0.05, 0.1) is 6.42 Å². The maximum absolute atomic E-state index is 12.1. The zero-order valence-electron chi connectivity index (χ0n) is 15.4. The number of benzene rings is 2. The van der Waals surface area contributed by atoms with E-state index in [9.17, 15) is 14.4 Å². The molecule has 0 aliphatic carbocycles. The minimum absolute atomic E-state index is 0.0791. The molecule has 0 aliphatic rings. The number of ether oxygens (including phenoxy) is 1. The Hall–Kier alpha value is -3.48. The molecule has 0 atom stereocenters. The number of Topliss-reactive ketones (excluding diaryl/α,β-unsaturated/α-hetero) is 1. The molecule has 0 unspecified atom stereocenters. The van der Waals surface area contributed by atoms with Crippen molar-refractivity contribution in [1.29, 1.82) is 0 Å². The lowest BCUT2D eigenvalue weighted by atomic mass is 10.1. The van der Waals surface area contributed by atoms with Gasteiger partial charge in [0.1, 0.15) is 5.52 Å². The van der Waals surface area contributed by atoms with Gasteiger partial charge in [-0.2, -0.15) is 0 Å². The number of ketones is 1. The third-order valence-electron chi connectivity index (χ3n) is 4.06. The summed E-state index contributed by atoms with van der Waals surface area (Å²) in [7, 11) is 0. The van der Waals surface area contributed by atoms with Gasteiger partial charge in [-0.1, -0.05) is 36.4 Å². The number of aryl methyl sites for hydroxylation is 1. The second-order valence-corrected chi connectivity index (χ2v) is 6.27. The third kappa shape index (κ3) is 5.26. The van der Waals surface area contributed by atoms with Gasteiger partial charge in [-0.3, -0.25) is 14.4 Å². The number of oxazole rings is 1. The Balaban J connectivity index is 1.44. The van der Waals surface area contributed by atoms with Crippen LogP contribution in [-0.2, 0) is 27.3 Å². The van der Waals surface area contributed by atoms with Crippen LogP contribution in [0.5, 0.6) is 0 Å². The number of para-hydroxylation sites is 2. The lowest BCUT2D eigenvalue weighted by molar-refractivity contribution is -0.142. The van der Waals surface area contributed by atoms with E-state index in [-0.39, 0.29) is 24.7 Å². The SMILES string of the molecule is CC(=O)NCc1ccc(C(=O)COC(=O)CCc2nc3ccccc3o2)cc1. The van der Waals surface area contributed by atoms with Crippen molar-refractivity contribution in [1.82, 2.24) is 10.3 Å². The molecule has 0 spiro atoms. The van der Waals surface area contributed by atoms with E-state index in [0.717, 1.165) is 11.1 Å². The molecule has 144 valence electrons. The van der Waals surface area contributed by atoms with Crippen molar-refractivity contribution in [2.45, 2.75) is 26.3 Å². The Morgan fingerprint density at radius 3 is 2.54 bits per heavy atom. The number of carbonyl (C=O) groups is 3. The van der Waals surface area contributed by atoms with Gasteiger partial charge in [0.2, 0.25) is 5.91 Å². The summed E-state index contributed by atoms with van der Waals surface area (Å²) >= 11 is 0. The highest BCUT2D eigenvalue weighted by atomic mass is 16.5. The van der Waals surface area contributed by atoms with Crippen LogP contribution in [0.3, 0.4) is 0 Å². The molecule has 0 aliphatic heterocycles. The lowest BCUT2D eigenvalue weighted by Gasteiger charge is -2.06. The number of carbonyl (C=O) groups excluding carboxylic acids is 3. The number of amides is 1. The molecule has 0 saturated heterocycles. The largest absolute Gasteiger partial charge is 0.457 e. The minimum atomic E-state index is -0.488. The number of hydrogen-bond donors (Lipinski definition) is 1. The van der Waals surface area contributed by atoms with Crippen LogP contribution in [-0.4, -0.2) is 29.3 Å². The summed E-state index contributed by atoms with van der Waals surface area (Å²) in [5, 5.41) is 2.68. The molecule has 1 aromatic heterocycles. The molecule has 3 aromatic rings. The maximum atomic E-state index is 12.1. The molecule has 1 N–H and O–H groups in total. The summed E-state index contributed by atoms with van der Waals surface area (Å²) in [5.74, 6) is -0.441. The fraction of sp³-hybridized carbons (Fsp3) is 0.238. The molecule has 1 amide bonds. The maximum Gasteiger partial charge on any atom is 0.306 e. The van der Waals surface area contributed by atoms with Crippen molar-refractivity contribution < 1.29 is 23.5 Å². The van der Waals surface area contributed by atoms with Crippen LogP contribution >= 0.6 is 0 Å². The van der Waals surface area contributed by atoms with Crippen LogP contribution in [0.25, 0.3) is 11.1 Å². The summed E-state index contributed by atoms with van der Waals surface area (Å²) < 4.78 is 10.6. The first kappa shape index (κ1) is 19.3. The van der Waals surface area contributed by atoms with Gasteiger partial charge in [0.15, 0.2) is 23.9 Å². The lowest BCUT2D eigenvalue weighted by Crippen LogP contribution is -2.19. The van der Waals surface area contributed by atoms with E-state index in [1.807, 2.05) is 24.3 Å². The summed E-state index contributed by atoms with van der Waals surface area (Å²) in [5.41, 5.74) is 2.73. The van der Waals surface area contributed by atoms with Crippen LogP contribution in [0.2, 0.25) is 0 Å². The molecule has 7 heteroatoms. The fourth-order valence-corrected chi connectivity index (χ4v) is 2.57. The second-order valence-electron chi connectivity index (χ2n) is 6.27. The van der Waals surface area contributed by atoms with Crippen molar-refractivity contribution in [3.8, 4) is 0 Å². The van der Waals surface area contributed by atoms with E-state index in [0.29, 0.717) is 30.0 Å². The summed E-state index contributed by atoms with van der Waals surface area (Å²) in [6.45, 7) is 1.52. The summed E-state index contributed by atoms with van der Waals surface area (Å²) in [6, 6.07) is 14.1. The van der Waals surface area contributed by atoms with E-state index < -0.39 is 5.97 Å². The van der Waals surface area contributed by atoms with Crippen LogP contribution in [0.4, 0.5) is 0 Å². The van der Waals surface area contributed by atoms with Gasteiger partial charge in [-0.15, -0.1) is 0 Å². The first-order valence-electron chi connectivity index (χ1n) is 8.88. The number of hydrogen-bond acceptors (Lipinski definition) is 6. The highest BCUT2D eigenvalue weighted by molar-refractivity contribution is 5.98. The van der Waals surface area contributed by atoms with Crippen LogP contribution < -0.4 is 5.32 Å². The van der Waals surface area contributed by atoms with Gasteiger partial charge < -0.3 is 14.5 Å². The van der Waals surface area contributed by atoms with Gasteiger partial charge in [-0.05, 0) is 17.7 Å². The third-order valence-corrected chi connectivity index (χ3v) is 4.06. The Kier molecular flexibility index (Phi) is 6.16. The van der Waals surface area contributed by atoms with Crippen molar-refractivity contribution in [3.05, 3.63) is 65.5 Å². The molecular weight excluding hydrogens is 360 g/mol. The average molecular weight is 380 g/mol. The van der Waals surface area contributed by atoms with Gasteiger partial charge in [0, 0.05) is 25.5 Å². The molecule has 2 aromatic carbocycles. The van der Waals surface area contributed by atoms with Gasteiger partial charge >= 0.3 is 5.97 Å². The van der Waals surface area contributed by atoms with Crippen LogP contribution in [0, 0.1) is 0 Å². The molecule has 0 saturated carbocycles. The number of nitrogens with zero attached hydrogens (tertiary/aromatic N) is 1. The minimum Gasteiger partial charge on any atom is -0.457 e. The van der Waals surface area contributed by atoms with E-state index >= 15 is 0 Å². The molecule has 1 heterocycles. The second kappa shape index (κ2) is 8.94. The average Bonchev–Trinajstić information content (AvgIpc) is 3.12. The first-order valence-corrected chi connectivity index (χ1v) is 8.88. The Morgan fingerprint density at radius 2 is 1.82 bits per heavy atom.